The Morgan fingerprint density at radius 1 is 0.643 bits per heavy atom. The summed E-state index contributed by atoms with van der Waals surface area (Å²) in [6, 6.07) is 9.92. The van der Waals surface area contributed by atoms with Crippen LogP contribution >= 0.6 is 0 Å². The SMILES string of the molecule is CC[C@H](C(=O)C(=O)[C@@H](CC)C1CCCCC1)C1CCCCC1.CC[C@H](C(=O)OCc1ccccc1)[C@@H]1CCCC[C@@H]1C. The van der Waals surface area contributed by atoms with E-state index in [-0.39, 0.29) is 35.3 Å². The largest absolute Gasteiger partial charge is 0.461 e. The highest BCUT2D eigenvalue weighted by atomic mass is 16.5. The molecule has 42 heavy (non-hydrogen) atoms. The monoisotopic (exact) mass is 580 g/mol. The molecular weight excluding hydrogens is 520 g/mol. The number of ether oxygens (including phenoxy) is 1. The Morgan fingerprint density at radius 2 is 1.10 bits per heavy atom. The molecule has 3 fully saturated rings. The minimum Gasteiger partial charge on any atom is -0.461 e. The number of rotatable bonds is 12. The zero-order valence-electron chi connectivity index (χ0n) is 27.3. The highest BCUT2D eigenvalue weighted by Crippen LogP contribution is 2.38. The number of ketones is 2. The summed E-state index contributed by atoms with van der Waals surface area (Å²) in [5.41, 5.74) is 1.06. The molecule has 0 N–H and O–H groups in total. The standard InChI is InChI=1S/C20H34O2.C18H26O2/c1-3-17(15-11-7-5-8-12-15)19(21)20(22)18(4-2)16-13-9-6-10-14-16;1-3-16(17-12-8-7-9-14(17)2)18(19)20-13-15-10-5-4-6-11-15/h15-18H,3-14H2,1-2H3;4-6,10-11,14,16-17H,3,7-9,12-13H2,1-2H3/t17-,18-;14-,16-,17+/m00/s1. The van der Waals surface area contributed by atoms with Gasteiger partial charge in [0.2, 0.25) is 11.6 Å². The molecule has 0 aliphatic heterocycles. The molecule has 4 heteroatoms. The second kappa shape index (κ2) is 18.6. The molecule has 0 bridgehead atoms. The molecule has 4 nitrogen and oxygen atoms in total. The zero-order chi connectivity index (χ0) is 30.3. The summed E-state index contributed by atoms with van der Waals surface area (Å²) in [6.07, 6.45) is 19.7. The van der Waals surface area contributed by atoms with Crippen molar-refractivity contribution in [2.45, 2.75) is 143 Å². The van der Waals surface area contributed by atoms with E-state index in [0.29, 0.717) is 30.3 Å². The van der Waals surface area contributed by atoms with Crippen LogP contribution in [0.25, 0.3) is 0 Å². The van der Waals surface area contributed by atoms with Gasteiger partial charge in [0.05, 0.1) is 5.92 Å². The summed E-state index contributed by atoms with van der Waals surface area (Å²) in [5.74, 6) is 2.15. The van der Waals surface area contributed by atoms with Gasteiger partial charge in [0, 0.05) is 11.8 Å². The summed E-state index contributed by atoms with van der Waals surface area (Å²) in [7, 11) is 0. The van der Waals surface area contributed by atoms with Gasteiger partial charge in [-0.1, -0.05) is 116 Å². The van der Waals surface area contributed by atoms with E-state index in [2.05, 4.69) is 27.7 Å². The summed E-state index contributed by atoms with van der Waals surface area (Å²) >= 11 is 0. The second-order valence-electron chi connectivity index (χ2n) is 13.6. The van der Waals surface area contributed by atoms with Crippen molar-refractivity contribution in [3.05, 3.63) is 35.9 Å². The van der Waals surface area contributed by atoms with E-state index in [1.165, 1.54) is 64.2 Å². The Bertz CT molecular complexity index is 892. The van der Waals surface area contributed by atoms with Crippen LogP contribution in [0.3, 0.4) is 0 Å². The molecule has 3 saturated carbocycles. The Hall–Kier alpha value is -1.97. The fourth-order valence-electron chi connectivity index (χ4n) is 8.33. The average molecular weight is 581 g/mol. The summed E-state index contributed by atoms with van der Waals surface area (Å²) in [5, 5.41) is 0. The maximum absolute atomic E-state index is 12.9. The van der Waals surface area contributed by atoms with E-state index >= 15 is 0 Å². The van der Waals surface area contributed by atoms with E-state index in [9.17, 15) is 14.4 Å². The molecular formula is C38H60O4. The van der Waals surface area contributed by atoms with Crippen LogP contribution in [0.2, 0.25) is 0 Å². The fraction of sp³-hybridized carbons (Fsp3) is 0.763. The van der Waals surface area contributed by atoms with Crippen molar-refractivity contribution in [3.63, 3.8) is 0 Å². The molecule has 3 aliphatic carbocycles. The molecule has 0 spiro atoms. The fourth-order valence-corrected chi connectivity index (χ4v) is 8.33. The van der Waals surface area contributed by atoms with Gasteiger partial charge in [-0.15, -0.1) is 0 Å². The zero-order valence-corrected chi connectivity index (χ0v) is 27.3. The highest BCUT2D eigenvalue weighted by molar-refractivity contribution is 6.38. The van der Waals surface area contributed by atoms with E-state index in [1.807, 2.05) is 30.3 Å². The van der Waals surface area contributed by atoms with Gasteiger partial charge >= 0.3 is 5.97 Å². The molecule has 3 aliphatic rings. The van der Waals surface area contributed by atoms with Crippen molar-refractivity contribution in [3.8, 4) is 0 Å². The van der Waals surface area contributed by atoms with E-state index in [4.69, 9.17) is 4.74 Å². The summed E-state index contributed by atoms with van der Waals surface area (Å²) in [6.45, 7) is 8.97. The number of benzene rings is 1. The maximum Gasteiger partial charge on any atom is 0.309 e. The number of carbonyl (C=O) groups excluding carboxylic acids is 3. The number of Topliss-reactive ketones (excluding diaryl/α,β-unsaturated/α-hetero) is 2. The van der Waals surface area contributed by atoms with Gasteiger partial charge in [-0.3, -0.25) is 14.4 Å². The van der Waals surface area contributed by atoms with Gasteiger partial charge in [0.1, 0.15) is 6.61 Å². The van der Waals surface area contributed by atoms with Crippen LogP contribution in [0.4, 0.5) is 0 Å². The minimum atomic E-state index is -0.0215. The number of carbonyl (C=O) groups is 3. The van der Waals surface area contributed by atoms with E-state index in [1.54, 1.807) is 0 Å². The third-order valence-corrected chi connectivity index (χ3v) is 10.9. The van der Waals surface area contributed by atoms with Crippen LogP contribution in [0.15, 0.2) is 30.3 Å². The van der Waals surface area contributed by atoms with Crippen molar-refractivity contribution < 1.29 is 19.1 Å². The first kappa shape index (κ1) is 34.5. The topological polar surface area (TPSA) is 60.4 Å². The molecule has 0 amide bonds. The van der Waals surface area contributed by atoms with Crippen LogP contribution in [0.1, 0.15) is 142 Å². The molecule has 0 aromatic heterocycles. The third-order valence-electron chi connectivity index (χ3n) is 10.9. The molecule has 1 aromatic rings. The highest BCUT2D eigenvalue weighted by Gasteiger charge is 2.38. The number of esters is 1. The Balaban J connectivity index is 0.000000231. The van der Waals surface area contributed by atoms with Crippen LogP contribution in [0, 0.1) is 41.4 Å². The van der Waals surface area contributed by atoms with Gasteiger partial charge in [-0.25, -0.2) is 0 Å². The molecule has 236 valence electrons. The van der Waals surface area contributed by atoms with Crippen LogP contribution in [-0.2, 0) is 25.7 Å². The van der Waals surface area contributed by atoms with Crippen LogP contribution in [0.5, 0.6) is 0 Å². The van der Waals surface area contributed by atoms with Crippen LogP contribution in [-0.4, -0.2) is 17.5 Å². The summed E-state index contributed by atoms with van der Waals surface area (Å²) < 4.78 is 5.54. The number of hydrogen-bond donors (Lipinski definition) is 0. The lowest BCUT2D eigenvalue weighted by molar-refractivity contribution is -0.153. The molecule has 1 aromatic carbocycles. The second-order valence-corrected chi connectivity index (χ2v) is 13.6. The molecule has 0 unspecified atom stereocenters. The predicted molar refractivity (Wildman–Crippen MR) is 172 cm³/mol. The predicted octanol–water partition coefficient (Wildman–Crippen LogP) is 9.92. The first-order chi connectivity index (χ1) is 20.4. The van der Waals surface area contributed by atoms with Crippen LogP contribution < -0.4 is 0 Å². The maximum atomic E-state index is 12.9. The van der Waals surface area contributed by atoms with Gasteiger partial charge in [0.15, 0.2) is 0 Å². The normalized spacial score (nSPS) is 24.0. The van der Waals surface area contributed by atoms with Crippen molar-refractivity contribution >= 4 is 17.5 Å². The van der Waals surface area contributed by atoms with Crippen molar-refractivity contribution in [2.75, 3.05) is 0 Å². The first-order valence-electron chi connectivity index (χ1n) is 17.7. The lowest BCUT2D eigenvalue weighted by Crippen LogP contribution is -2.37. The van der Waals surface area contributed by atoms with Gasteiger partial charge in [0.25, 0.3) is 0 Å². The van der Waals surface area contributed by atoms with E-state index in [0.717, 1.165) is 50.5 Å². The van der Waals surface area contributed by atoms with Crippen molar-refractivity contribution in [1.29, 1.82) is 0 Å². The Morgan fingerprint density at radius 3 is 1.55 bits per heavy atom. The van der Waals surface area contributed by atoms with Gasteiger partial charge < -0.3 is 4.74 Å². The van der Waals surface area contributed by atoms with Gasteiger partial charge in [-0.2, -0.15) is 0 Å². The first-order valence-corrected chi connectivity index (χ1v) is 17.7. The van der Waals surface area contributed by atoms with Crippen molar-refractivity contribution in [1.82, 2.24) is 0 Å². The molecule has 0 radical (unpaired) electrons. The Labute approximate surface area is 257 Å². The smallest absolute Gasteiger partial charge is 0.309 e. The van der Waals surface area contributed by atoms with Gasteiger partial charge in [-0.05, 0) is 80.6 Å². The Kier molecular flexibility index (Phi) is 15.3. The lowest BCUT2D eigenvalue weighted by Gasteiger charge is -2.33. The summed E-state index contributed by atoms with van der Waals surface area (Å²) in [4.78, 5) is 38.1. The molecule has 5 atom stereocenters. The average Bonchev–Trinajstić information content (AvgIpc) is 3.04. The quantitative estimate of drug-likeness (QED) is 0.182. The van der Waals surface area contributed by atoms with E-state index < -0.39 is 0 Å². The number of hydrogen-bond acceptors (Lipinski definition) is 4. The minimum absolute atomic E-state index is 0.00453. The third kappa shape index (κ3) is 10.1. The molecule has 0 saturated heterocycles. The van der Waals surface area contributed by atoms with Crippen molar-refractivity contribution in [2.24, 2.45) is 41.4 Å². The molecule has 4 rings (SSSR count). The lowest BCUT2D eigenvalue weighted by atomic mass is 9.71. The molecule has 0 heterocycles.